The number of carbonyl (C=O) groups is 1. The number of carbonyl (C=O) groups excluding carboxylic acids is 1. The zero-order chi connectivity index (χ0) is 22.1. The van der Waals surface area contributed by atoms with Crippen LogP contribution in [0.15, 0.2) is 29.2 Å². The van der Waals surface area contributed by atoms with Gasteiger partial charge in [0.15, 0.2) is 5.00 Å². The van der Waals surface area contributed by atoms with Crippen LogP contribution in [0.3, 0.4) is 0 Å². The Balaban J connectivity index is 1.26. The summed E-state index contributed by atoms with van der Waals surface area (Å²) >= 11 is 0.336. The van der Waals surface area contributed by atoms with E-state index in [4.69, 9.17) is 0 Å². The van der Waals surface area contributed by atoms with Gasteiger partial charge in [-0.05, 0) is 69.9 Å². The molecule has 4 N–H and O–H groups in total. The Morgan fingerprint density at radius 1 is 1.16 bits per heavy atom. The van der Waals surface area contributed by atoms with Crippen LogP contribution < -0.4 is 20.7 Å². The summed E-state index contributed by atoms with van der Waals surface area (Å²) in [6, 6.07) is 8.72. The molecule has 8 heteroatoms. The van der Waals surface area contributed by atoms with Gasteiger partial charge in [0.1, 0.15) is 0 Å². The summed E-state index contributed by atoms with van der Waals surface area (Å²) in [6.45, 7) is 3.57. The Bertz CT molecular complexity index is 954. The van der Waals surface area contributed by atoms with E-state index in [1.807, 2.05) is 0 Å². The van der Waals surface area contributed by atoms with Gasteiger partial charge in [-0.2, -0.15) is 0 Å². The molecule has 172 valence electrons. The van der Waals surface area contributed by atoms with Crippen molar-refractivity contribution < 1.29 is 9.35 Å². The first kappa shape index (κ1) is 22.2. The average molecular weight is 473 g/mol. The second kappa shape index (κ2) is 9.73. The van der Waals surface area contributed by atoms with Gasteiger partial charge in [0.05, 0.1) is 18.0 Å². The summed E-state index contributed by atoms with van der Waals surface area (Å²) in [5.41, 5.74) is 3.52. The van der Waals surface area contributed by atoms with E-state index in [2.05, 4.69) is 51.9 Å². The highest BCUT2D eigenvalue weighted by Crippen LogP contribution is 2.42. The van der Waals surface area contributed by atoms with Crippen molar-refractivity contribution in [2.75, 3.05) is 23.8 Å². The Hall–Kier alpha value is -1.58. The number of thiophene rings is 1. The molecule has 3 aliphatic carbocycles. The first-order valence-corrected chi connectivity index (χ1v) is 13.7. The number of benzene rings is 1. The van der Waals surface area contributed by atoms with Gasteiger partial charge >= 0.3 is 0 Å². The lowest BCUT2D eigenvalue weighted by Crippen LogP contribution is -2.38. The minimum Gasteiger partial charge on any atom is -0.593 e. The van der Waals surface area contributed by atoms with E-state index >= 15 is 0 Å². The van der Waals surface area contributed by atoms with Crippen LogP contribution in [-0.2, 0) is 29.0 Å². The molecular formula is C24H32N4O2S2. The van der Waals surface area contributed by atoms with Gasteiger partial charge in [0, 0.05) is 34.6 Å². The Kier molecular flexibility index (Phi) is 6.76. The molecule has 5 rings (SSSR count). The van der Waals surface area contributed by atoms with Gasteiger partial charge in [-0.3, -0.25) is 10.1 Å². The van der Waals surface area contributed by atoms with Crippen LogP contribution in [0.4, 0.5) is 10.7 Å². The maximum atomic E-state index is 13.3. The number of rotatable bonds is 10. The Labute approximate surface area is 197 Å². The lowest BCUT2D eigenvalue weighted by atomic mass is 9.94. The molecule has 3 aliphatic rings. The van der Waals surface area contributed by atoms with Crippen molar-refractivity contribution in [1.82, 2.24) is 10.0 Å². The summed E-state index contributed by atoms with van der Waals surface area (Å²) in [6.07, 6.45) is 7.21. The maximum Gasteiger partial charge on any atom is 0.228 e. The molecule has 1 heterocycles. The van der Waals surface area contributed by atoms with Crippen LogP contribution in [0, 0.1) is 18.8 Å². The fourth-order valence-corrected chi connectivity index (χ4v) is 6.87. The van der Waals surface area contributed by atoms with Gasteiger partial charge in [-0.1, -0.05) is 17.7 Å². The minimum absolute atomic E-state index is 0.0843. The zero-order valence-corrected chi connectivity index (χ0v) is 20.2. The molecule has 2 unspecified atom stereocenters. The third kappa shape index (κ3) is 5.48. The van der Waals surface area contributed by atoms with Gasteiger partial charge in [-0.15, -0.1) is 16.1 Å². The number of anilines is 2. The van der Waals surface area contributed by atoms with Gasteiger partial charge in [0.25, 0.3) is 0 Å². The molecule has 1 amide bonds. The van der Waals surface area contributed by atoms with Crippen LogP contribution in [0.1, 0.15) is 48.1 Å². The quantitative estimate of drug-likeness (QED) is 0.311. The van der Waals surface area contributed by atoms with E-state index in [9.17, 15) is 9.35 Å². The predicted molar refractivity (Wildman–Crippen MR) is 131 cm³/mol. The van der Waals surface area contributed by atoms with Gasteiger partial charge in [0.2, 0.25) is 10.8 Å². The van der Waals surface area contributed by atoms with Crippen LogP contribution in [0.2, 0.25) is 0 Å². The molecule has 0 spiro atoms. The fraction of sp³-hybridized carbons (Fsp3) is 0.542. The molecule has 6 nitrogen and oxygen atoms in total. The Morgan fingerprint density at radius 3 is 2.66 bits per heavy atom. The topological polar surface area (TPSA) is 88.2 Å². The molecular weight excluding hydrogens is 440 g/mol. The van der Waals surface area contributed by atoms with Crippen molar-refractivity contribution in [1.29, 1.82) is 0 Å². The minimum atomic E-state index is -1.29. The number of amides is 1. The molecule has 0 saturated heterocycles. The third-order valence-electron chi connectivity index (χ3n) is 6.52. The van der Waals surface area contributed by atoms with Crippen molar-refractivity contribution in [3.63, 3.8) is 0 Å². The molecule has 2 fully saturated rings. The highest BCUT2D eigenvalue weighted by atomic mass is 32.2. The van der Waals surface area contributed by atoms with Crippen LogP contribution in [-0.4, -0.2) is 29.7 Å². The number of aryl methyl sites for hydroxylation is 2. The highest BCUT2D eigenvalue weighted by molar-refractivity contribution is 7.90. The SMILES string of the molecule is Cc1ccc(NCNC2CCc3sc(NC(=O)C4CC4)c([S+]([O-])NCC4CC4)c3C2)cc1. The van der Waals surface area contributed by atoms with E-state index in [0.717, 1.165) is 54.2 Å². The van der Waals surface area contributed by atoms with Crippen LogP contribution in [0.25, 0.3) is 0 Å². The molecule has 2 aromatic rings. The van der Waals surface area contributed by atoms with Crippen molar-refractivity contribution in [3.05, 3.63) is 40.3 Å². The van der Waals surface area contributed by atoms with Crippen LogP contribution >= 0.6 is 11.3 Å². The molecule has 0 bridgehead atoms. The zero-order valence-electron chi connectivity index (χ0n) is 18.5. The largest absolute Gasteiger partial charge is 0.593 e. The summed E-state index contributed by atoms with van der Waals surface area (Å²) in [4.78, 5) is 14.5. The van der Waals surface area contributed by atoms with E-state index in [1.54, 1.807) is 11.3 Å². The summed E-state index contributed by atoms with van der Waals surface area (Å²) in [7, 11) is 0. The second-order valence-corrected chi connectivity index (χ2v) is 11.7. The summed E-state index contributed by atoms with van der Waals surface area (Å²) in [5.74, 6) is 0.873. The van der Waals surface area contributed by atoms with E-state index in [0.29, 0.717) is 18.6 Å². The Morgan fingerprint density at radius 2 is 1.94 bits per heavy atom. The smallest absolute Gasteiger partial charge is 0.228 e. The predicted octanol–water partition coefficient (Wildman–Crippen LogP) is 3.94. The van der Waals surface area contributed by atoms with Crippen molar-refractivity contribution >= 4 is 39.3 Å². The number of nitrogens with one attached hydrogen (secondary N) is 4. The van der Waals surface area contributed by atoms with Crippen molar-refractivity contribution in [2.24, 2.45) is 11.8 Å². The average Bonchev–Trinajstić information content (AvgIpc) is 3.70. The van der Waals surface area contributed by atoms with Gasteiger partial charge in [-0.25, -0.2) is 0 Å². The summed E-state index contributed by atoms with van der Waals surface area (Å²) in [5, 5.41) is 11.0. The molecule has 0 aliphatic heterocycles. The van der Waals surface area contributed by atoms with Crippen molar-refractivity contribution in [2.45, 2.75) is 62.8 Å². The number of hydrogen-bond donors (Lipinski definition) is 4. The van der Waals surface area contributed by atoms with Crippen molar-refractivity contribution in [3.8, 4) is 0 Å². The molecule has 2 saturated carbocycles. The lowest BCUT2D eigenvalue weighted by molar-refractivity contribution is -0.117. The molecule has 1 aromatic carbocycles. The molecule has 2 atom stereocenters. The van der Waals surface area contributed by atoms with E-state index in [1.165, 1.54) is 28.8 Å². The van der Waals surface area contributed by atoms with Crippen LogP contribution in [0.5, 0.6) is 0 Å². The lowest BCUT2D eigenvalue weighted by Gasteiger charge is -2.24. The molecule has 0 radical (unpaired) electrons. The monoisotopic (exact) mass is 472 g/mol. The molecule has 1 aromatic heterocycles. The third-order valence-corrected chi connectivity index (χ3v) is 9.10. The molecule has 32 heavy (non-hydrogen) atoms. The van der Waals surface area contributed by atoms with E-state index in [-0.39, 0.29) is 11.8 Å². The summed E-state index contributed by atoms with van der Waals surface area (Å²) < 4.78 is 16.5. The van der Waals surface area contributed by atoms with Gasteiger partial charge < -0.3 is 15.2 Å². The fourth-order valence-electron chi connectivity index (χ4n) is 4.13. The second-order valence-electron chi connectivity index (χ2n) is 9.35. The first-order chi connectivity index (χ1) is 15.6. The normalized spacial score (nSPS) is 21.1. The number of fused-ring (bicyclic) bond motifs is 1. The first-order valence-electron chi connectivity index (χ1n) is 11.7. The highest BCUT2D eigenvalue weighted by Gasteiger charge is 2.36. The standard InChI is InChI=1S/C24H32N4O2S2/c1-15-2-8-18(9-3-15)25-14-26-19-10-11-21-20(12-19)22(32(30)27-13-16-4-5-16)24(31-21)28-23(29)17-6-7-17/h2-3,8-9,16-17,19,25-27H,4-7,10-14H2,1H3,(H,28,29). The number of hydrogen-bond acceptors (Lipinski definition) is 6. The van der Waals surface area contributed by atoms with E-state index < -0.39 is 11.4 Å². The maximum absolute atomic E-state index is 13.3.